The fourth-order valence-corrected chi connectivity index (χ4v) is 4.83. The summed E-state index contributed by atoms with van der Waals surface area (Å²) in [5, 5.41) is 9.14. The third-order valence-electron chi connectivity index (χ3n) is 5.87. The van der Waals surface area contributed by atoms with Crippen molar-refractivity contribution in [1.82, 2.24) is 14.5 Å². The van der Waals surface area contributed by atoms with E-state index in [0.717, 1.165) is 25.7 Å². The van der Waals surface area contributed by atoms with E-state index in [9.17, 15) is 9.18 Å². The average molecular weight is 398 g/mol. The lowest BCUT2D eigenvalue weighted by molar-refractivity contribution is 0.00412. The van der Waals surface area contributed by atoms with Gasteiger partial charge in [-0.3, -0.25) is 0 Å². The molecule has 1 aliphatic heterocycles. The number of hydrogen-bond donors (Lipinski definition) is 0. The highest BCUT2D eigenvalue weighted by Gasteiger charge is 2.48. The van der Waals surface area contributed by atoms with Crippen molar-refractivity contribution in [2.24, 2.45) is 11.3 Å². The summed E-state index contributed by atoms with van der Waals surface area (Å²) in [6.45, 7) is 8.34. The van der Waals surface area contributed by atoms with Gasteiger partial charge < -0.3 is 14.2 Å². The Labute approximate surface area is 170 Å². The molecule has 2 heterocycles. The van der Waals surface area contributed by atoms with Crippen molar-refractivity contribution in [2.75, 3.05) is 13.1 Å². The molecule has 7 heteroatoms. The van der Waals surface area contributed by atoms with E-state index in [1.165, 1.54) is 6.07 Å². The highest BCUT2D eigenvalue weighted by Crippen LogP contribution is 2.41. The predicted octanol–water partition coefficient (Wildman–Crippen LogP) is 4.47. The molecular formula is C22H27FN4O2. The molecule has 1 amide bonds. The minimum atomic E-state index is -0.472. The van der Waals surface area contributed by atoms with E-state index in [-0.39, 0.29) is 17.0 Å². The first-order chi connectivity index (χ1) is 13.7. The second kappa shape index (κ2) is 7.01. The van der Waals surface area contributed by atoms with E-state index >= 15 is 0 Å². The lowest BCUT2D eigenvalue weighted by Gasteiger charge is -2.36. The number of nitriles is 1. The van der Waals surface area contributed by atoms with Crippen LogP contribution in [0.3, 0.4) is 0 Å². The van der Waals surface area contributed by atoms with Gasteiger partial charge in [0.1, 0.15) is 11.1 Å². The lowest BCUT2D eigenvalue weighted by Crippen LogP contribution is -2.41. The Morgan fingerprint density at radius 1 is 1.41 bits per heavy atom. The van der Waals surface area contributed by atoms with Gasteiger partial charge in [-0.2, -0.15) is 5.26 Å². The van der Waals surface area contributed by atoms with E-state index in [1.54, 1.807) is 12.4 Å². The number of aromatic nitrogens is 2. The van der Waals surface area contributed by atoms with Crippen LogP contribution in [0.15, 0.2) is 18.5 Å². The SMILES string of the molecule is CC(C)(C)CN1CC2(CCCC(Cn3cnc4c(F)cc(C#N)cc43)C2)OC1=O. The van der Waals surface area contributed by atoms with Crippen LogP contribution in [0.5, 0.6) is 0 Å². The normalized spacial score (nSPS) is 24.9. The van der Waals surface area contributed by atoms with E-state index < -0.39 is 11.4 Å². The van der Waals surface area contributed by atoms with Crippen LogP contribution in [-0.4, -0.2) is 39.2 Å². The summed E-state index contributed by atoms with van der Waals surface area (Å²) >= 11 is 0. The van der Waals surface area contributed by atoms with Crippen LogP contribution < -0.4 is 0 Å². The molecule has 1 spiro atoms. The molecule has 1 aromatic heterocycles. The van der Waals surface area contributed by atoms with Crippen molar-refractivity contribution in [1.29, 1.82) is 5.26 Å². The molecule has 0 N–H and O–H groups in total. The first-order valence-electron chi connectivity index (χ1n) is 10.2. The fourth-order valence-electron chi connectivity index (χ4n) is 4.83. The van der Waals surface area contributed by atoms with Gasteiger partial charge in [0.2, 0.25) is 0 Å². The highest BCUT2D eigenvalue weighted by molar-refractivity contribution is 5.77. The smallest absolute Gasteiger partial charge is 0.410 e. The van der Waals surface area contributed by atoms with Crippen molar-refractivity contribution >= 4 is 17.1 Å². The molecule has 4 rings (SSSR count). The molecule has 6 nitrogen and oxygen atoms in total. The van der Waals surface area contributed by atoms with Crippen LogP contribution in [0.2, 0.25) is 0 Å². The minimum Gasteiger partial charge on any atom is -0.441 e. The maximum atomic E-state index is 14.2. The van der Waals surface area contributed by atoms with E-state index in [4.69, 9.17) is 10.00 Å². The quantitative estimate of drug-likeness (QED) is 0.765. The number of fused-ring (bicyclic) bond motifs is 1. The zero-order chi connectivity index (χ0) is 20.8. The summed E-state index contributed by atoms with van der Waals surface area (Å²) in [6.07, 6.45) is 5.12. The second-order valence-electron chi connectivity index (χ2n) is 9.76. The third kappa shape index (κ3) is 3.93. The third-order valence-corrected chi connectivity index (χ3v) is 5.87. The molecule has 0 radical (unpaired) electrons. The zero-order valence-corrected chi connectivity index (χ0v) is 17.2. The van der Waals surface area contributed by atoms with Crippen molar-refractivity contribution in [3.05, 3.63) is 29.8 Å². The molecular weight excluding hydrogens is 371 g/mol. The van der Waals surface area contributed by atoms with Gasteiger partial charge in [-0.05, 0) is 49.1 Å². The minimum absolute atomic E-state index is 0.0247. The molecule has 29 heavy (non-hydrogen) atoms. The topological polar surface area (TPSA) is 71.2 Å². The molecule has 1 saturated carbocycles. The number of hydrogen-bond acceptors (Lipinski definition) is 4. The van der Waals surface area contributed by atoms with Gasteiger partial charge in [0.15, 0.2) is 5.82 Å². The van der Waals surface area contributed by atoms with Crippen LogP contribution in [0.1, 0.15) is 52.0 Å². The Morgan fingerprint density at radius 2 is 2.21 bits per heavy atom. The molecule has 2 unspecified atom stereocenters. The Kier molecular flexibility index (Phi) is 4.76. The summed E-state index contributed by atoms with van der Waals surface area (Å²) in [6, 6.07) is 4.91. The predicted molar refractivity (Wildman–Crippen MR) is 107 cm³/mol. The van der Waals surface area contributed by atoms with Gasteiger partial charge in [0.05, 0.1) is 30.0 Å². The van der Waals surface area contributed by atoms with Gasteiger partial charge in [-0.15, -0.1) is 0 Å². The Bertz CT molecular complexity index is 987. The summed E-state index contributed by atoms with van der Waals surface area (Å²) in [5.74, 6) is -0.169. The number of carbonyl (C=O) groups excluding carboxylic acids is 1. The van der Waals surface area contributed by atoms with Gasteiger partial charge in [-0.25, -0.2) is 14.2 Å². The van der Waals surface area contributed by atoms with Crippen molar-refractivity contribution < 1.29 is 13.9 Å². The molecule has 1 saturated heterocycles. The molecule has 2 fully saturated rings. The Morgan fingerprint density at radius 3 is 2.93 bits per heavy atom. The van der Waals surface area contributed by atoms with Crippen molar-refractivity contribution in [3.63, 3.8) is 0 Å². The number of benzene rings is 1. The highest BCUT2D eigenvalue weighted by atomic mass is 19.1. The standard InChI is InChI=1S/C22H27FN4O2/c1-21(2,3)12-27-13-22(29-20(27)28)6-4-5-15(9-22)11-26-14-25-19-17(23)7-16(10-24)8-18(19)26/h7-8,14-15H,4-6,9,11-13H2,1-3H3. The van der Waals surface area contributed by atoms with Crippen LogP contribution >= 0.6 is 0 Å². The maximum Gasteiger partial charge on any atom is 0.410 e. The number of amides is 1. The number of imidazole rings is 1. The van der Waals surface area contributed by atoms with Gasteiger partial charge in [-0.1, -0.05) is 20.8 Å². The van der Waals surface area contributed by atoms with Gasteiger partial charge in [0.25, 0.3) is 0 Å². The van der Waals surface area contributed by atoms with Crippen molar-refractivity contribution in [2.45, 2.75) is 58.6 Å². The number of carbonyl (C=O) groups is 1. The number of rotatable bonds is 3. The maximum absolute atomic E-state index is 14.2. The summed E-state index contributed by atoms with van der Waals surface area (Å²) in [7, 11) is 0. The molecule has 1 aromatic carbocycles. The molecule has 2 atom stereocenters. The molecule has 154 valence electrons. The Hall–Kier alpha value is -2.62. The largest absolute Gasteiger partial charge is 0.441 e. The molecule has 2 aliphatic rings. The summed E-state index contributed by atoms with van der Waals surface area (Å²) < 4.78 is 22.0. The van der Waals surface area contributed by atoms with Crippen LogP contribution in [0.25, 0.3) is 11.0 Å². The van der Waals surface area contributed by atoms with Crippen LogP contribution in [0.4, 0.5) is 9.18 Å². The van der Waals surface area contributed by atoms with E-state index in [0.29, 0.717) is 36.6 Å². The van der Waals surface area contributed by atoms with Crippen LogP contribution in [0, 0.1) is 28.5 Å². The van der Waals surface area contributed by atoms with E-state index in [2.05, 4.69) is 25.8 Å². The van der Waals surface area contributed by atoms with Crippen LogP contribution in [-0.2, 0) is 11.3 Å². The summed E-state index contributed by atoms with van der Waals surface area (Å²) in [5.41, 5.74) is 0.818. The number of ether oxygens (including phenoxy) is 1. The Balaban J connectivity index is 1.52. The second-order valence-corrected chi connectivity index (χ2v) is 9.76. The lowest BCUT2D eigenvalue weighted by atomic mass is 9.77. The van der Waals surface area contributed by atoms with Crippen molar-refractivity contribution in [3.8, 4) is 6.07 Å². The fraction of sp³-hybridized carbons (Fsp3) is 0.591. The number of halogens is 1. The monoisotopic (exact) mass is 398 g/mol. The first kappa shape index (κ1) is 19.7. The summed E-state index contributed by atoms with van der Waals surface area (Å²) in [4.78, 5) is 18.5. The number of nitrogens with zero attached hydrogens (tertiary/aromatic N) is 4. The first-order valence-corrected chi connectivity index (χ1v) is 10.2. The van der Waals surface area contributed by atoms with E-state index in [1.807, 2.05) is 15.5 Å². The molecule has 0 bridgehead atoms. The molecule has 1 aliphatic carbocycles. The van der Waals surface area contributed by atoms with Gasteiger partial charge >= 0.3 is 6.09 Å². The zero-order valence-electron chi connectivity index (χ0n) is 17.2. The van der Waals surface area contributed by atoms with Gasteiger partial charge in [0, 0.05) is 13.1 Å². The average Bonchev–Trinajstić information content (AvgIpc) is 3.15. The molecule has 2 aromatic rings.